The lowest BCUT2D eigenvalue weighted by atomic mass is 10.0. The Hall–Kier alpha value is -3.08. The third-order valence-corrected chi connectivity index (χ3v) is 4.83. The molecule has 0 bridgehead atoms. The number of amides is 1. The van der Waals surface area contributed by atoms with E-state index in [1.807, 2.05) is 32.9 Å². The number of fused-ring (bicyclic) bond motifs is 1. The van der Waals surface area contributed by atoms with Crippen molar-refractivity contribution in [3.05, 3.63) is 64.9 Å². The van der Waals surface area contributed by atoms with Gasteiger partial charge < -0.3 is 14.5 Å². The van der Waals surface area contributed by atoms with E-state index in [-0.39, 0.29) is 18.3 Å². The van der Waals surface area contributed by atoms with Crippen molar-refractivity contribution in [2.24, 2.45) is 0 Å². The lowest BCUT2D eigenvalue weighted by Gasteiger charge is -2.07. The number of aryl methyl sites for hydroxylation is 2. The van der Waals surface area contributed by atoms with Crippen molar-refractivity contribution in [1.29, 1.82) is 0 Å². The molecule has 0 radical (unpaired) electrons. The number of ether oxygens (including phenoxy) is 1. The normalized spacial score (nSPS) is 10.8. The van der Waals surface area contributed by atoms with E-state index >= 15 is 0 Å². The zero-order chi connectivity index (χ0) is 20.1. The molecule has 3 aromatic rings. The van der Waals surface area contributed by atoms with Crippen LogP contribution in [0.25, 0.3) is 11.0 Å². The van der Waals surface area contributed by atoms with Gasteiger partial charge in [-0.15, -0.1) is 0 Å². The Labute approximate surface area is 164 Å². The van der Waals surface area contributed by atoms with Gasteiger partial charge >= 0.3 is 5.97 Å². The van der Waals surface area contributed by atoms with Crippen molar-refractivity contribution in [2.45, 2.75) is 40.0 Å². The molecule has 0 aliphatic rings. The number of furan rings is 1. The maximum absolute atomic E-state index is 12.4. The minimum absolute atomic E-state index is 0.140. The molecule has 5 nitrogen and oxygen atoms in total. The van der Waals surface area contributed by atoms with Gasteiger partial charge in [0, 0.05) is 16.6 Å². The predicted molar refractivity (Wildman–Crippen MR) is 110 cm³/mol. The fourth-order valence-corrected chi connectivity index (χ4v) is 2.99. The molecule has 1 amide bonds. The molecule has 0 fully saturated rings. The van der Waals surface area contributed by atoms with Crippen molar-refractivity contribution in [3.8, 4) is 0 Å². The Kier molecular flexibility index (Phi) is 6.14. The minimum Gasteiger partial charge on any atom is -0.464 e. The summed E-state index contributed by atoms with van der Waals surface area (Å²) < 4.78 is 10.8. The molecule has 2 aromatic carbocycles. The summed E-state index contributed by atoms with van der Waals surface area (Å²) in [4.78, 5) is 24.3. The molecular weight excluding hydrogens is 354 g/mol. The van der Waals surface area contributed by atoms with E-state index in [9.17, 15) is 9.59 Å². The molecule has 28 heavy (non-hydrogen) atoms. The average molecular weight is 379 g/mol. The van der Waals surface area contributed by atoms with Gasteiger partial charge in [-0.1, -0.05) is 25.5 Å². The first kappa shape index (κ1) is 19.7. The summed E-state index contributed by atoms with van der Waals surface area (Å²) in [5.74, 6) is -0.485. The van der Waals surface area contributed by atoms with Gasteiger partial charge in [0.05, 0.1) is 24.9 Å². The molecule has 0 unspecified atom stereocenters. The molecule has 0 saturated carbocycles. The highest BCUT2D eigenvalue weighted by molar-refractivity contribution is 5.96. The van der Waals surface area contributed by atoms with Gasteiger partial charge in [-0.25, -0.2) is 4.79 Å². The zero-order valence-electron chi connectivity index (χ0n) is 16.5. The monoisotopic (exact) mass is 379 g/mol. The van der Waals surface area contributed by atoms with Gasteiger partial charge in [-0.2, -0.15) is 0 Å². The standard InChI is InChI=1S/C23H25NO4/c1-4-5-12-27-23(26)17-7-9-19(10-8-17)24-21(25)13-18-14-28-22-16(3)15(2)6-11-20(18)22/h6-11,14H,4-5,12-13H2,1-3H3,(H,24,25). The highest BCUT2D eigenvalue weighted by Crippen LogP contribution is 2.27. The predicted octanol–water partition coefficient (Wildman–Crippen LogP) is 5.19. The molecule has 0 spiro atoms. The van der Waals surface area contributed by atoms with E-state index in [0.29, 0.717) is 17.9 Å². The number of carbonyl (C=O) groups is 2. The lowest BCUT2D eigenvalue weighted by molar-refractivity contribution is -0.115. The second-order valence-corrected chi connectivity index (χ2v) is 6.94. The number of hydrogen-bond donors (Lipinski definition) is 1. The highest BCUT2D eigenvalue weighted by Gasteiger charge is 2.13. The fourth-order valence-electron chi connectivity index (χ4n) is 2.99. The summed E-state index contributed by atoms with van der Waals surface area (Å²) in [5.41, 5.74) is 5.04. The minimum atomic E-state index is -0.346. The van der Waals surface area contributed by atoms with Crippen LogP contribution >= 0.6 is 0 Å². The van der Waals surface area contributed by atoms with E-state index in [0.717, 1.165) is 40.5 Å². The molecule has 0 atom stereocenters. The number of rotatable bonds is 7. The van der Waals surface area contributed by atoms with E-state index in [1.165, 1.54) is 0 Å². The van der Waals surface area contributed by atoms with Gasteiger partial charge in [-0.05, 0) is 55.7 Å². The van der Waals surface area contributed by atoms with Crippen LogP contribution in [0, 0.1) is 13.8 Å². The van der Waals surface area contributed by atoms with Crippen LogP contribution < -0.4 is 5.32 Å². The summed E-state index contributed by atoms with van der Waals surface area (Å²) in [5, 5.41) is 3.82. The topological polar surface area (TPSA) is 68.5 Å². The Morgan fingerprint density at radius 1 is 1.07 bits per heavy atom. The molecule has 3 rings (SSSR count). The second-order valence-electron chi connectivity index (χ2n) is 6.94. The molecule has 0 aliphatic carbocycles. The van der Waals surface area contributed by atoms with Crippen molar-refractivity contribution in [3.63, 3.8) is 0 Å². The maximum atomic E-state index is 12.4. The summed E-state index contributed by atoms with van der Waals surface area (Å²) in [7, 11) is 0. The first-order valence-corrected chi connectivity index (χ1v) is 9.53. The number of anilines is 1. The molecular formula is C23H25NO4. The second kappa shape index (κ2) is 8.74. The number of nitrogens with one attached hydrogen (secondary N) is 1. The van der Waals surface area contributed by atoms with Crippen LogP contribution in [-0.4, -0.2) is 18.5 Å². The number of esters is 1. The largest absolute Gasteiger partial charge is 0.464 e. The van der Waals surface area contributed by atoms with E-state index < -0.39 is 0 Å². The van der Waals surface area contributed by atoms with Crippen LogP contribution in [0.3, 0.4) is 0 Å². The average Bonchev–Trinajstić information content (AvgIpc) is 3.08. The third-order valence-electron chi connectivity index (χ3n) is 4.83. The molecule has 5 heteroatoms. The third kappa shape index (κ3) is 4.42. The zero-order valence-corrected chi connectivity index (χ0v) is 16.5. The van der Waals surface area contributed by atoms with Crippen molar-refractivity contribution >= 4 is 28.5 Å². The molecule has 1 heterocycles. The van der Waals surface area contributed by atoms with Crippen LogP contribution in [0.5, 0.6) is 0 Å². The number of unbranched alkanes of at least 4 members (excludes halogenated alkanes) is 1. The van der Waals surface area contributed by atoms with E-state index in [4.69, 9.17) is 9.15 Å². The summed E-state index contributed by atoms with van der Waals surface area (Å²) >= 11 is 0. The van der Waals surface area contributed by atoms with Crippen molar-refractivity contribution < 1.29 is 18.7 Å². The van der Waals surface area contributed by atoms with Crippen molar-refractivity contribution in [1.82, 2.24) is 0 Å². The van der Waals surface area contributed by atoms with E-state index in [1.54, 1.807) is 30.5 Å². The lowest BCUT2D eigenvalue weighted by Crippen LogP contribution is -2.14. The maximum Gasteiger partial charge on any atom is 0.338 e. The molecule has 0 aliphatic heterocycles. The molecule has 0 saturated heterocycles. The quantitative estimate of drug-likeness (QED) is 0.453. The fraction of sp³-hybridized carbons (Fsp3) is 0.304. The smallest absolute Gasteiger partial charge is 0.338 e. The van der Waals surface area contributed by atoms with Crippen LogP contribution in [-0.2, 0) is 16.0 Å². The Bertz CT molecular complexity index is 986. The summed E-state index contributed by atoms with van der Waals surface area (Å²) in [6.07, 6.45) is 3.69. The van der Waals surface area contributed by atoms with Crippen molar-refractivity contribution in [2.75, 3.05) is 11.9 Å². The van der Waals surface area contributed by atoms with Gasteiger partial charge in [0.2, 0.25) is 5.91 Å². The Morgan fingerprint density at radius 2 is 1.82 bits per heavy atom. The van der Waals surface area contributed by atoms with Crippen LogP contribution in [0.2, 0.25) is 0 Å². The van der Waals surface area contributed by atoms with Gasteiger partial charge in [-0.3, -0.25) is 4.79 Å². The number of benzene rings is 2. The Balaban J connectivity index is 1.62. The number of carbonyl (C=O) groups excluding carboxylic acids is 2. The van der Waals surface area contributed by atoms with Crippen LogP contribution in [0.15, 0.2) is 47.1 Å². The van der Waals surface area contributed by atoms with E-state index in [2.05, 4.69) is 5.32 Å². The summed E-state index contributed by atoms with van der Waals surface area (Å²) in [6.45, 7) is 6.51. The van der Waals surface area contributed by atoms with Gasteiger partial charge in [0.1, 0.15) is 5.58 Å². The van der Waals surface area contributed by atoms with Gasteiger partial charge in [0.15, 0.2) is 0 Å². The van der Waals surface area contributed by atoms with Crippen LogP contribution in [0.4, 0.5) is 5.69 Å². The first-order valence-electron chi connectivity index (χ1n) is 9.53. The molecule has 1 aromatic heterocycles. The SMILES string of the molecule is CCCCOC(=O)c1ccc(NC(=O)Cc2coc3c(C)c(C)ccc23)cc1. The van der Waals surface area contributed by atoms with Crippen LogP contribution in [0.1, 0.15) is 46.8 Å². The molecule has 146 valence electrons. The molecule has 1 N–H and O–H groups in total. The first-order chi connectivity index (χ1) is 13.5. The Morgan fingerprint density at radius 3 is 2.54 bits per heavy atom. The summed E-state index contributed by atoms with van der Waals surface area (Å²) in [6, 6.07) is 10.7. The van der Waals surface area contributed by atoms with Gasteiger partial charge in [0.25, 0.3) is 0 Å². The highest BCUT2D eigenvalue weighted by atomic mass is 16.5. The number of hydrogen-bond acceptors (Lipinski definition) is 4.